The molecule has 0 aromatic heterocycles. The van der Waals surface area contributed by atoms with Crippen LogP contribution in [0.15, 0.2) is 24.3 Å². The van der Waals surface area contributed by atoms with E-state index < -0.39 is 0 Å². The molecule has 1 aromatic rings. The Hall–Kier alpha value is -1.57. The first kappa shape index (κ1) is 12.5. The molecule has 0 saturated carbocycles. The number of carbonyl (C=O) groups is 1. The average molecular weight is 256 g/mol. The minimum atomic E-state index is 0.244. The van der Waals surface area contributed by atoms with E-state index >= 15 is 0 Å². The molecule has 0 N–H and O–H groups in total. The third kappa shape index (κ3) is 2.09. The van der Waals surface area contributed by atoms with Crippen molar-refractivity contribution in [3.8, 4) is 5.75 Å². The molecule has 0 amide bonds. The third-order valence-corrected chi connectivity index (χ3v) is 4.59. The van der Waals surface area contributed by atoms with E-state index in [2.05, 4.69) is 19.1 Å². The third-order valence-electron chi connectivity index (χ3n) is 4.59. The molecule has 2 aliphatic rings. The predicted molar refractivity (Wildman–Crippen MR) is 76.2 cm³/mol. The van der Waals surface area contributed by atoms with Crippen molar-refractivity contribution in [3.05, 3.63) is 35.4 Å². The molecule has 0 spiro atoms. The zero-order valence-electron chi connectivity index (χ0n) is 11.6. The Morgan fingerprint density at radius 1 is 1.37 bits per heavy atom. The number of fused-ring (bicyclic) bond motifs is 3. The molecule has 0 heterocycles. The minimum Gasteiger partial charge on any atom is -0.497 e. The molecule has 100 valence electrons. The predicted octanol–water partition coefficient (Wildman–Crippen LogP) is 3.64. The van der Waals surface area contributed by atoms with Gasteiger partial charge in [0.05, 0.1) is 7.11 Å². The second kappa shape index (κ2) is 4.84. The molecular formula is C17H20O2. The molecule has 0 bridgehead atoms. The fourth-order valence-corrected chi connectivity index (χ4v) is 3.43. The molecular weight excluding hydrogens is 236 g/mol. The smallest absolute Gasteiger partial charge is 0.159 e. The average Bonchev–Trinajstić information content (AvgIpc) is 2.45. The normalized spacial score (nSPS) is 25.4. The van der Waals surface area contributed by atoms with Crippen LogP contribution < -0.4 is 4.74 Å². The van der Waals surface area contributed by atoms with E-state index in [1.165, 1.54) is 16.7 Å². The van der Waals surface area contributed by atoms with Gasteiger partial charge in [-0.25, -0.2) is 0 Å². The van der Waals surface area contributed by atoms with Gasteiger partial charge < -0.3 is 4.74 Å². The lowest BCUT2D eigenvalue weighted by Crippen LogP contribution is -2.26. The molecule has 3 rings (SSSR count). The van der Waals surface area contributed by atoms with Crippen molar-refractivity contribution in [2.45, 2.75) is 32.6 Å². The van der Waals surface area contributed by atoms with E-state index in [-0.39, 0.29) is 5.92 Å². The number of hydrogen-bond acceptors (Lipinski definition) is 2. The lowest BCUT2D eigenvalue weighted by atomic mass is 9.70. The zero-order valence-corrected chi connectivity index (χ0v) is 11.6. The van der Waals surface area contributed by atoms with Crippen molar-refractivity contribution in [1.29, 1.82) is 0 Å². The van der Waals surface area contributed by atoms with Crippen LogP contribution in [0.5, 0.6) is 5.75 Å². The lowest BCUT2D eigenvalue weighted by Gasteiger charge is -2.33. The topological polar surface area (TPSA) is 26.3 Å². The highest BCUT2D eigenvalue weighted by Crippen LogP contribution is 2.43. The summed E-state index contributed by atoms with van der Waals surface area (Å²) in [6.45, 7) is 2.11. The van der Waals surface area contributed by atoms with E-state index in [4.69, 9.17) is 4.74 Å². The van der Waals surface area contributed by atoms with Gasteiger partial charge in [0, 0.05) is 5.92 Å². The second-order valence-corrected chi connectivity index (χ2v) is 5.60. The number of aryl methyl sites for hydroxylation is 1. The molecule has 2 atom stereocenters. The van der Waals surface area contributed by atoms with Crippen LogP contribution in [0.4, 0.5) is 0 Å². The van der Waals surface area contributed by atoms with Gasteiger partial charge in [-0.1, -0.05) is 13.0 Å². The van der Waals surface area contributed by atoms with E-state index in [9.17, 15) is 4.79 Å². The van der Waals surface area contributed by atoms with Crippen molar-refractivity contribution >= 4 is 11.4 Å². The molecule has 0 unspecified atom stereocenters. The zero-order chi connectivity index (χ0) is 13.4. The van der Waals surface area contributed by atoms with Gasteiger partial charge in [-0.15, -0.1) is 0 Å². The van der Waals surface area contributed by atoms with Crippen molar-refractivity contribution in [2.75, 3.05) is 7.11 Å². The highest BCUT2D eigenvalue weighted by molar-refractivity contribution is 6.01. The van der Waals surface area contributed by atoms with Crippen LogP contribution in [0.2, 0.25) is 0 Å². The van der Waals surface area contributed by atoms with Crippen molar-refractivity contribution < 1.29 is 9.53 Å². The summed E-state index contributed by atoms with van der Waals surface area (Å²) in [4.78, 5) is 12.1. The molecule has 2 aliphatic carbocycles. The van der Waals surface area contributed by atoms with Crippen molar-refractivity contribution in [3.63, 3.8) is 0 Å². The summed E-state index contributed by atoms with van der Waals surface area (Å²) < 4.78 is 5.29. The summed E-state index contributed by atoms with van der Waals surface area (Å²) in [7, 11) is 1.70. The Morgan fingerprint density at radius 3 is 2.95 bits per heavy atom. The summed E-state index contributed by atoms with van der Waals surface area (Å²) in [6.07, 6.45) is 6.17. The molecule has 0 radical (unpaired) electrons. The van der Waals surface area contributed by atoms with Crippen LogP contribution in [0.3, 0.4) is 0 Å². The highest BCUT2D eigenvalue weighted by atomic mass is 16.5. The maximum absolute atomic E-state index is 12.1. The van der Waals surface area contributed by atoms with Gasteiger partial charge in [-0.2, -0.15) is 0 Å². The van der Waals surface area contributed by atoms with Crippen molar-refractivity contribution in [1.82, 2.24) is 0 Å². The Morgan fingerprint density at radius 2 is 2.21 bits per heavy atom. The van der Waals surface area contributed by atoms with Crippen LogP contribution in [0.1, 0.15) is 37.3 Å². The molecule has 0 saturated heterocycles. The maximum Gasteiger partial charge on any atom is 0.159 e. The number of benzene rings is 1. The minimum absolute atomic E-state index is 0.244. The first-order chi connectivity index (χ1) is 9.22. The van der Waals surface area contributed by atoms with Crippen LogP contribution in [0.25, 0.3) is 5.57 Å². The molecule has 2 heteroatoms. The fourth-order valence-electron chi connectivity index (χ4n) is 3.43. The van der Waals surface area contributed by atoms with Crippen LogP contribution in [0, 0.1) is 11.8 Å². The van der Waals surface area contributed by atoms with Gasteiger partial charge >= 0.3 is 0 Å². The van der Waals surface area contributed by atoms with Gasteiger partial charge in [-0.3, -0.25) is 4.79 Å². The SMILES string of the molecule is CC[C@@H]1C[C@H]2CCc3cc(OC)ccc3C2=CC1=O. The number of hydrogen-bond donors (Lipinski definition) is 0. The van der Waals surface area contributed by atoms with Gasteiger partial charge in [0.25, 0.3) is 0 Å². The molecule has 1 aromatic carbocycles. The van der Waals surface area contributed by atoms with E-state index in [1.54, 1.807) is 7.11 Å². The number of ketones is 1. The Bertz CT molecular complexity index is 542. The quantitative estimate of drug-likeness (QED) is 0.807. The second-order valence-electron chi connectivity index (χ2n) is 5.60. The number of carbonyl (C=O) groups excluding carboxylic acids is 1. The monoisotopic (exact) mass is 256 g/mol. The van der Waals surface area contributed by atoms with E-state index in [0.29, 0.717) is 11.7 Å². The van der Waals surface area contributed by atoms with Crippen LogP contribution >= 0.6 is 0 Å². The van der Waals surface area contributed by atoms with Crippen LogP contribution in [-0.4, -0.2) is 12.9 Å². The largest absolute Gasteiger partial charge is 0.497 e. The summed E-state index contributed by atoms with van der Waals surface area (Å²) in [5.41, 5.74) is 3.85. The number of allylic oxidation sites excluding steroid dienone is 2. The summed E-state index contributed by atoms with van der Waals surface area (Å²) >= 11 is 0. The molecule has 2 nitrogen and oxygen atoms in total. The first-order valence-corrected chi connectivity index (χ1v) is 7.15. The molecule has 0 aliphatic heterocycles. The standard InChI is InChI=1S/C17H20O2/c1-3-11-8-12-4-5-13-9-14(19-2)6-7-15(13)16(12)10-17(11)18/h6-7,9-12H,3-5,8H2,1-2H3/t11-,12-/m1/s1. The van der Waals surface area contributed by atoms with E-state index in [1.807, 2.05) is 12.1 Å². The highest BCUT2D eigenvalue weighted by Gasteiger charge is 2.32. The summed E-state index contributed by atoms with van der Waals surface area (Å²) in [6, 6.07) is 6.23. The summed E-state index contributed by atoms with van der Waals surface area (Å²) in [5.74, 6) is 2.04. The van der Waals surface area contributed by atoms with Crippen LogP contribution in [-0.2, 0) is 11.2 Å². The van der Waals surface area contributed by atoms with Gasteiger partial charge in [0.15, 0.2) is 5.78 Å². The summed E-state index contributed by atoms with van der Waals surface area (Å²) in [5, 5.41) is 0. The van der Waals surface area contributed by atoms with Crippen molar-refractivity contribution in [2.24, 2.45) is 11.8 Å². The number of rotatable bonds is 2. The lowest BCUT2D eigenvalue weighted by molar-refractivity contribution is -0.119. The first-order valence-electron chi connectivity index (χ1n) is 7.15. The molecule has 19 heavy (non-hydrogen) atoms. The Kier molecular flexibility index (Phi) is 3.17. The number of methoxy groups -OCH3 is 1. The Balaban J connectivity index is 2.02. The fraction of sp³-hybridized carbons (Fsp3) is 0.471. The molecule has 0 fully saturated rings. The maximum atomic E-state index is 12.1. The van der Waals surface area contributed by atoms with Gasteiger partial charge in [-0.05, 0) is 66.5 Å². The van der Waals surface area contributed by atoms with E-state index in [0.717, 1.165) is 31.4 Å². The Labute approximate surface area is 114 Å². The van der Waals surface area contributed by atoms with Gasteiger partial charge in [0.1, 0.15) is 5.75 Å². The number of ether oxygens (including phenoxy) is 1. The van der Waals surface area contributed by atoms with Gasteiger partial charge in [0.2, 0.25) is 0 Å².